The molecule has 1 aromatic rings. The van der Waals surface area contributed by atoms with Gasteiger partial charge in [-0.05, 0) is 27.2 Å². The highest BCUT2D eigenvalue weighted by Gasteiger charge is 2.19. The van der Waals surface area contributed by atoms with Crippen molar-refractivity contribution in [1.29, 1.82) is 0 Å². The Morgan fingerprint density at radius 2 is 2.05 bits per heavy atom. The molecule has 1 unspecified atom stereocenters. The summed E-state index contributed by atoms with van der Waals surface area (Å²) in [5.41, 5.74) is 1.61. The first kappa shape index (κ1) is 16.0. The summed E-state index contributed by atoms with van der Waals surface area (Å²) >= 11 is 6.09. The first-order valence-corrected chi connectivity index (χ1v) is 7.35. The van der Waals surface area contributed by atoms with Crippen LogP contribution >= 0.6 is 11.6 Å². The molecule has 5 heteroatoms. The van der Waals surface area contributed by atoms with Crippen LogP contribution in [0.3, 0.4) is 0 Å². The third kappa shape index (κ3) is 4.23. The molecule has 0 aliphatic rings. The second kappa shape index (κ2) is 7.53. The topological polar surface area (TPSA) is 46.9 Å². The minimum absolute atomic E-state index is 0.00114. The molecule has 1 amide bonds. The van der Waals surface area contributed by atoms with E-state index in [-0.39, 0.29) is 11.9 Å². The lowest BCUT2D eigenvalue weighted by Crippen LogP contribution is -2.32. The van der Waals surface area contributed by atoms with Gasteiger partial charge in [-0.3, -0.25) is 9.48 Å². The first-order chi connectivity index (χ1) is 8.99. The van der Waals surface area contributed by atoms with Crippen LogP contribution in [0.2, 0.25) is 5.02 Å². The highest BCUT2D eigenvalue weighted by atomic mass is 35.5. The average molecular weight is 286 g/mol. The van der Waals surface area contributed by atoms with Crippen LogP contribution in [0.15, 0.2) is 0 Å². The summed E-state index contributed by atoms with van der Waals surface area (Å²) in [6, 6.07) is -0.322. The Morgan fingerprint density at radius 1 is 1.37 bits per heavy atom. The molecule has 0 spiro atoms. The molecule has 0 radical (unpaired) electrons. The highest BCUT2D eigenvalue weighted by Crippen LogP contribution is 2.22. The molecular weight excluding hydrogens is 262 g/mol. The Kier molecular flexibility index (Phi) is 6.35. The van der Waals surface area contributed by atoms with Crippen molar-refractivity contribution in [2.45, 2.75) is 59.4 Å². The van der Waals surface area contributed by atoms with Gasteiger partial charge in [0.05, 0.1) is 16.4 Å². The van der Waals surface area contributed by atoms with Crippen molar-refractivity contribution in [1.82, 2.24) is 15.1 Å². The number of hydrogen-bond acceptors (Lipinski definition) is 2. The van der Waals surface area contributed by atoms with Crippen molar-refractivity contribution in [3.05, 3.63) is 16.4 Å². The van der Waals surface area contributed by atoms with Crippen LogP contribution < -0.4 is 5.32 Å². The number of amides is 1. The van der Waals surface area contributed by atoms with Gasteiger partial charge >= 0.3 is 0 Å². The second-order valence-electron chi connectivity index (χ2n) is 4.96. The molecule has 0 aliphatic carbocycles. The van der Waals surface area contributed by atoms with Gasteiger partial charge in [0.1, 0.15) is 6.04 Å². The largest absolute Gasteiger partial charge is 0.354 e. The quantitative estimate of drug-likeness (QED) is 0.781. The summed E-state index contributed by atoms with van der Waals surface area (Å²) in [6.07, 6.45) is 4.62. The van der Waals surface area contributed by atoms with E-state index in [1.165, 1.54) is 12.8 Å². The van der Waals surface area contributed by atoms with E-state index in [9.17, 15) is 4.79 Å². The Labute approximate surface area is 120 Å². The predicted molar refractivity (Wildman–Crippen MR) is 78.6 cm³/mol. The van der Waals surface area contributed by atoms with E-state index in [2.05, 4.69) is 17.3 Å². The van der Waals surface area contributed by atoms with Crippen molar-refractivity contribution in [2.75, 3.05) is 6.54 Å². The smallest absolute Gasteiger partial charge is 0.244 e. The van der Waals surface area contributed by atoms with Crippen LogP contribution in [0.25, 0.3) is 0 Å². The van der Waals surface area contributed by atoms with Gasteiger partial charge in [-0.15, -0.1) is 0 Å². The zero-order valence-electron chi connectivity index (χ0n) is 12.3. The SMILES string of the molecule is CCCCCCNC(=O)C(C)n1nc(C)c(Cl)c1C. The molecule has 0 aromatic carbocycles. The van der Waals surface area contributed by atoms with Crippen LogP contribution in [-0.2, 0) is 4.79 Å². The zero-order chi connectivity index (χ0) is 14.4. The van der Waals surface area contributed by atoms with Gasteiger partial charge in [-0.25, -0.2) is 0 Å². The summed E-state index contributed by atoms with van der Waals surface area (Å²) in [7, 11) is 0. The summed E-state index contributed by atoms with van der Waals surface area (Å²) in [4.78, 5) is 12.0. The van der Waals surface area contributed by atoms with Crippen LogP contribution in [-0.4, -0.2) is 22.2 Å². The molecule has 1 heterocycles. The maximum absolute atomic E-state index is 12.0. The Balaban J connectivity index is 2.50. The Bertz CT molecular complexity index is 429. The fourth-order valence-electron chi connectivity index (χ4n) is 2.04. The van der Waals surface area contributed by atoms with Crippen LogP contribution in [0, 0.1) is 13.8 Å². The number of aromatic nitrogens is 2. The number of rotatable bonds is 7. The number of nitrogens with one attached hydrogen (secondary N) is 1. The van der Waals surface area contributed by atoms with Crippen molar-refractivity contribution < 1.29 is 4.79 Å². The highest BCUT2D eigenvalue weighted by molar-refractivity contribution is 6.31. The number of aryl methyl sites for hydroxylation is 1. The summed E-state index contributed by atoms with van der Waals surface area (Å²) in [5, 5.41) is 7.91. The van der Waals surface area contributed by atoms with Crippen molar-refractivity contribution in [3.8, 4) is 0 Å². The van der Waals surface area contributed by atoms with Crippen LogP contribution in [0.5, 0.6) is 0 Å². The van der Waals surface area contributed by atoms with E-state index < -0.39 is 0 Å². The minimum atomic E-state index is -0.322. The number of unbranched alkanes of at least 4 members (excludes halogenated alkanes) is 3. The number of hydrogen-bond donors (Lipinski definition) is 1. The van der Waals surface area contributed by atoms with E-state index in [1.54, 1.807) is 4.68 Å². The van der Waals surface area contributed by atoms with E-state index in [4.69, 9.17) is 11.6 Å². The molecule has 19 heavy (non-hydrogen) atoms. The van der Waals surface area contributed by atoms with Gasteiger partial charge < -0.3 is 5.32 Å². The monoisotopic (exact) mass is 285 g/mol. The van der Waals surface area contributed by atoms with Crippen molar-refractivity contribution in [3.63, 3.8) is 0 Å². The van der Waals surface area contributed by atoms with Gasteiger partial charge in [-0.2, -0.15) is 5.10 Å². The predicted octanol–water partition coefficient (Wildman–Crippen LogP) is 3.41. The van der Waals surface area contributed by atoms with E-state index in [0.29, 0.717) is 5.02 Å². The van der Waals surface area contributed by atoms with Gasteiger partial charge in [0.2, 0.25) is 5.91 Å². The summed E-state index contributed by atoms with van der Waals surface area (Å²) < 4.78 is 1.69. The molecule has 4 nitrogen and oxygen atoms in total. The maximum atomic E-state index is 12.0. The lowest BCUT2D eigenvalue weighted by atomic mass is 10.2. The molecule has 1 N–H and O–H groups in total. The molecule has 0 aliphatic heterocycles. The Hall–Kier alpha value is -1.03. The molecule has 1 rings (SSSR count). The van der Waals surface area contributed by atoms with Crippen molar-refractivity contribution >= 4 is 17.5 Å². The standard InChI is InChI=1S/C14H24ClN3O/c1-5-6-7-8-9-16-14(19)12(4)18-11(3)13(15)10(2)17-18/h12H,5-9H2,1-4H3,(H,16,19). The van der Waals surface area contributed by atoms with E-state index >= 15 is 0 Å². The zero-order valence-corrected chi connectivity index (χ0v) is 13.0. The van der Waals surface area contributed by atoms with Crippen LogP contribution in [0.1, 0.15) is 57.0 Å². The van der Waals surface area contributed by atoms with Gasteiger partial charge in [-0.1, -0.05) is 37.8 Å². The van der Waals surface area contributed by atoms with Crippen LogP contribution in [0.4, 0.5) is 0 Å². The van der Waals surface area contributed by atoms with Gasteiger partial charge in [0, 0.05) is 6.54 Å². The maximum Gasteiger partial charge on any atom is 0.244 e. The molecule has 0 fully saturated rings. The fraction of sp³-hybridized carbons (Fsp3) is 0.714. The number of nitrogens with zero attached hydrogens (tertiary/aromatic N) is 2. The fourth-order valence-corrected chi connectivity index (χ4v) is 2.17. The third-order valence-electron chi connectivity index (χ3n) is 3.31. The lowest BCUT2D eigenvalue weighted by molar-refractivity contribution is -0.124. The molecule has 1 atom stereocenters. The lowest BCUT2D eigenvalue weighted by Gasteiger charge is -2.14. The molecule has 108 valence electrons. The van der Waals surface area contributed by atoms with Gasteiger partial charge in [0.25, 0.3) is 0 Å². The Morgan fingerprint density at radius 3 is 2.58 bits per heavy atom. The summed E-state index contributed by atoms with van der Waals surface area (Å²) in [6.45, 7) is 8.48. The van der Waals surface area contributed by atoms with E-state index in [1.807, 2.05) is 20.8 Å². The molecule has 0 saturated heterocycles. The van der Waals surface area contributed by atoms with E-state index in [0.717, 1.165) is 30.8 Å². The normalized spacial score (nSPS) is 12.5. The molecule has 0 bridgehead atoms. The first-order valence-electron chi connectivity index (χ1n) is 6.98. The second-order valence-corrected chi connectivity index (χ2v) is 5.33. The molecule has 1 aromatic heterocycles. The number of carbonyl (C=O) groups is 1. The third-order valence-corrected chi connectivity index (χ3v) is 3.86. The van der Waals surface area contributed by atoms with Crippen molar-refractivity contribution in [2.24, 2.45) is 0 Å². The summed E-state index contributed by atoms with van der Waals surface area (Å²) in [5.74, 6) is -0.00114. The number of carbonyl (C=O) groups excluding carboxylic acids is 1. The molecular formula is C14H24ClN3O. The minimum Gasteiger partial charge on any atom is -0.354 e. The molecule has 0 saturated carbocycles. The average Bonchev–Trinajstić information content (AvgIpc) is 2.65. The van der Waals surface area contributed by atoms with Gasteiger partial charge in [0.15, 0.2) is 0 Å². The number of halogens is 1.